The van der Waals surface area contributed by atoms with E-state index in [9.17, 15) is 19.5 Å². The Labute approximate surface area is 205 Å². The van der Waals surface area contributed by atoms with Crippen molar-refractivity contribution in [3.05, 3.63) is 59.7 Å². The second-order valence-electron chi connectivity index (χ2n) is 10.5. The Bertz CT molecular complexity index is 1100. The molecule has 7 nitrogen and oxygen atoms in total. The Kier molecular flexibility index (Phi) is 6.26. The van der Waals surface area contributed by atoms with Crippen LogP contribution in [0.1, 0.15) is 50.2 Å². The van der Waals surface area contributed by atoms with E-state index < -0.39 is 18.1 Å². The van der Waals surface area contributed by atoms with Crippen LogP contribution in [0.2, 0.25) is 0 Å². The summed E-state index contributed by atoms with van der Waals surface area (Å²) in [5.74, 6) is -0.965. The minimum atomic E-state index is -1.01. The average molecular weight is 477 g/mol. The summed E-state index contributed by atoms with van der Waals surface area (Å²) in [6.07, 6.45) is 1.80. The maximum Gasteiger partial charge on any atom is 0.407 e. The first-order valence-electron chi connectivity index (χ1n) is 12.5. The van der Waals surface area contributed by atoms with E-state index in [1.165, 1.54) is 22.3 Å². The molecular weight excluding hydrogens is 444 g/mol. The van der Waals surface area contributed by atoms with Crippen LogP contribution in [-0.4, -0.2) is 41.8 Å². The van der Waals surface area contributed by atoms with Gasteiger partial charge in [0.15, 0.2) is 0 Å². The molecule has 3 N–H and O–H groups in total. The molecule has 0 spiro atoms. The molecule has 2 aromatic rings. The zero-order valence-corrected chi connectivity index (χ0v) is 20.1. The summed E-state index contributed by atoms with van der Waals surface area (Å²) in [7, 11) is 0. The number of carbonyl (C=O) groups excluding carboxylic acids is 2. The Morgan fingerprint density at radius 2 is 1.60 bits per heavy atom. The number of alkyl carbamates (subject to hydrolysis) is 1. The van der Waals surface area contributed by atoms with E-state index in [1.807, 2.05) is 24.3 Å². The van der Waals surface area contributed by atoms with Gasteiger partial charge in [-0.05, 0) is 59.3 Å². The smallest absolute Gasteiger partial charge is 0.407 e. The number of hydrogen-bond acceptors (Lipinski definition) is 4. The quantitative estimate of drug-likeness (QED) is 0.557. The number of carbonyl (C=O) groups is 3. The number of ether oxygens (including phenoxy) is 1. The zero-order chi connectivity index (χ0) is 24.7. The molecule has 3 aliphatic rings. The molecule has 0 saturated heterocycles. The first-order chi connectivity index (χ1) is 16.8. The van der Waals surface area contributed by atoms with E-state index in [4.69, 9.17) is 4.74 Å². The van der Waals surface area contributed by atoms with Crippen molar-refractivity contribution in [2.75, 3.05) is 6.61 Å². The normalized spacial score (nSPS) is 25.1. The molecule has 2 fully saturated rings. The summed E-state index contributed by atoms with van der Waals surface area (Å²) in [6.45, 7) is 3.84. The maximum absolute atomic E-state index is 12.7. The monoisotopic (exact) mass is 476 g/mol. The van der Waals surface area contributed by atoms with Crippen molar-refractivity contribution >= 4 is 18.0 Å². The van der Waals surface area contributed by atoms with Gasteiger partial charge in [-0.25, -0.2) is 9.59 Å². The number of amides is 2. The lowest BCUT2D eigenvalue weighted by atomic mass is 9.71. The van der Waals surface area contributed by atoms with Crippen LogP contribution in [0.4, 0.5) is 4.79 Å². The molecule has 5 unspecified atom stereocenters. The molecule has 0 heterocycles. The van der Waals surface area contributed by atoms with E-state index in [2.05, 4.69) is 34.9 Å². The molecule has 2 saturated carbocycles. The summed E-state index contributed by atoms with van der Waals surface area (Å²) in [4.78, 5) is 36.7. The maximum atomic E-state index is 12.7. The van der Waals surface area contributed by atoms with E-state index in [-0.39, 0.29) is 42.2 Å². The number of carboxylic acids is 1. The highest BCUT2D eigenvalue weighted by atomic mass is 16.5. The molecule has 184 valence electrons. The minimum absolute atomic E-state index is 0.00572. The highest BCUT2D eigenvalue weighted by Crippen LogP contribution is 2.50. The number of aliphatic carboxylic acids is 1. The summed E-state index contributed by atoms with van der Waals surface area (Å²) in [6, 6.07) is 15.6. The molecule has 2 amide bonds. The van der Waals surface area contributed by atoms with Crippen molar-refractivity contribution in [2.24, 2.45) is 23.7 Å². The molecule has 0 radical (unpaired) electrons. The van der Waals surface area contributed by atoms with Gasteiger partial charge >= 0.3 is 12.1 Å². The van der Waals surface area contributed by atoms with E-state index in [0.29, 0.717) is 12.3 Å². The first-order valence-corrected chi connectivity index (χ1v) is 12.5. The number of rotatable bonds is 7. The number of benzene rings is 2. The van der Waals surface area contributed by atoms with Crippen molar-refractivity contribution in [3.63, 3.8) is 0 Å². The molecular formula is C28H32N2O5. The van der Waals surface area contributed by atoms with Crippen molar-refractivity contribution in [1.82, 2.24) is 10.6 Å². The molecule has 3 aliphatic carbocycles. The predicted molar refractivity (Wildman–Crippen MR) is 131 cm³/mol. The molecule has 5 atom stereocenters. The topological polar surface area (TPSA) is 105 Å². The predicted octanol–water partition coefficient (Wildman–Crippen LogP) is 4.17. The second-order valence-corrected chi connectivity index (χ2v) is 10.5. The van der Waals surface area contributed by atoms with Gasteiger partial charge in [0.25, 0.3) is 0 Å². The van der Waals surface area contributed by atoms with Crippen LogP contribution in [0.15, 0.2) is 48.5 Å². The van der Waals surface area contributed by atoms with E-state index in [1.54, 1.807) is 13.8 Å². The fourth-order valence-electron chi connectivity index (χ4n) is 6.18. The van der Waals surface area contributed by atoms with Crippen LogP contribution < -0.4 is 10.6 Å². The number of carboxylic acid groups (broad SMARTS) is 1. The Morgan fingerprint density at radius 3 is 2.20 bits per heavy atom. The largest absolute Gasteiger partial charge is 0.480 e. The molecule has 0 aromatic heterocycles. The van der Waals surface area contributed by atoms with Crippen LogP contribution in [-0.2, 0) is 14.3 Å². The Balaban J connectivity index is 1.14. The SMILES string of the molecule is CC(C)C(NC(=O)C1CC2CC(NC(=O)OCC3c4ccccc4-c4ccccc43)C2C1)C(=O)O. The number of fused-ring (bicyclic) bond motifs is 4. The van der Waals surface area contributed by atoms with Gasteiger partial charge < -0.3 is 20.5 Å². The fraction of sp³-hybridized carbons (Fsp3) is 0.464. The van der Waals surface area contributed by atoms with Gasteiger partial charge in [0.1, 0.15) is 12.6 Å². The Hall–Kier alpha value is -3.35. The van der Waals surface area contributed by atoms with Crippen LogP contribution in [0, 0.1) is 23.7 Å². The van der Waals surface area contributed by atoms with Gasteiger partial charge in [-0.1, -0.05) is 62.4 Å². The highest BCUT2D eigenvalue weighted by molar-refractivity contribution is 5.85. The third kappa shape index (κ3) is 4.40. The molecule has 0 bridgehead atoms. The highest BCUT2D eigenvalue weighted by Gasteiger charge is 2.50. The van der Waals surface area contributed by atoms with Crippen molar-refractivity contribution < 1.29 is 24.2 Å². The van der Waals surface area contributed by atoms with Crippen LogP contribution >= 0.6 is 0 Å². The van der Waals surface area contributed by atoms with Crippen molar-refractivity contribution in [1.29, 1.82) is 0 Å². The molecule has 7 heteroatoms. The molecule has 2 aromatic carbocycles. The first kappa shape index (κ1) is 23.4. The van der Waals surface area contributed by atoms with Gasteiger partial charge in [0.2, 0.25) is 5.91 Å². The fourth-order valence-corrected chi connectivity index (χ4v) is 6.18. The van der Waals surface area contributed by atoms with Gasteiger partial charge in [0.05, 0.1) is 0 Å². The van der Waals surface area contributed by atoms with Crippen molar-refractivity contribution in [3.8, 4) is 11.1 Å². The third-order valence-electron chi connectivity index (χ3n) is 8.07. The lowest BCUT2D eigenvalue weighted by Gasteiger charge is -2.40. The summed E-state index contributed by atoms with van der Waals surface area (Å²) < 4.78 is 5.68. The van der Waals surface area contributed by atoms with Gasteiger partial charge in [-0.2, -0.15) is 0 Å². The number of nitrogens with one attached hydrogen (secondary N) is 2. The second kappa shape index (κ2) is 9.36. The minimum Gasteiger partial charge on any atom is -0.480 e. The lowest BCUT2D eigenvalue weighted by Crippen LogP contribution is -2.50. The lowest BCUT2D eigenvalue weighted by molar-refractivity contribution is -0.143. The van der Waals surface area contributed by atoms with Gasteiger partial charge in [0, 0.05) is 17.9 Å². The standard InChI is InChI=1S/C28H32N2O5/c1-15(2)25(27(32)33)30-26(31)17-11-16-13-24(22(16)12-17)29-28(34)35-14-23-20-9-5-3-7-18(20)19-8-4-6-10-21(19)23/h3-10,15-17,22-25H,11-14H2,1-2H3,(H,29,34)(H,30,31)(H,32,33). The van der Waals surface area contributed by atoms with Crippen LogP contribution in [0.25, 0.3) is 11.1 Å². The molecule has 5 rings (SSSR count). The van der Waals surface area contributed by atoms with Gasteiger partial charge in [-0.3, -0.25) is 4.79 Å². The van der Waals surface area contributed by atoms with E-state index >= 15 is 0 Å². The molecule has 35 heavy (non-hydrogen) atoms. The third-order valence-corrected chi connectivity index (χ3v) is 8.07. The summed E-state index contributed by atoms with van der Waals surface area (Å²) in [5.41, 5.74) is 4.74. The van der Waals surface area contributed by atoms with Crippen LogP contribution in [0.5, 0.6) is 0 Å². The van der Waals surface area contributed by atoms with Crippen molar-refractivity contribution in [2.45, 2.75) is 51.1 Å². The number of hydrogen-bond donors (Lipinski definition) is 3. The molecule has 0 aliphatic heterocycles. The Morgan fingerprint density at radius 1 is 0.971 bits per heavy atom. The average Bonchev–Trinajstić information content (AvgIpc) is 3.34. The van der Waals surface area contributed by atoms with Crippen LogP contribution in [0.3, 0.4) is 0 Å². The van der Waals surface area contributed by atoms with E-state index in [0.717, 1.165) is 12.8 Å². The summed E-state index contributed by atoms with van der Waals surface area (Å²) >= 11 is 0. The van der Waals surface area contributed by atoms with Gasteiger partial charge in [-0.15, -0.1) is 0 Å². The zero-order valence-electron chi connectivity index (χ0n) is 20.1. The summed E-state index contributed by atoms with van der Waals surface area (Å²) in [5, 5.41) is 15.1.